The maximum Gasteiger partial charge on any atom is 0.251 e. The second-order valence-electron chi connectivity index (χ2n) is 5.18. The SMILES string of the molecule is CCN(CCNC(=O)c1cccc(I)c1)c1ccc(C)cc1. The van der Waals surface area contributed by atoms with E-state index in [1.807, 2.05) is 24.3 Å². The van der Waals surface area contributed by atoms with Crippen molar-refractivity contribution >= 4 is 34.2 Å². The zero-order valence-corrected chi connectivity index (χ0v) is 15.1. The quantitative estimate of drug-likeness (QED) is 0.737. The van der Waals surface area contributed by atoms with Crippen LogP contribution < -0.4 is 10.2 Å². The van der Waals surface area contributed by atoms with Crippen LogP contribution in [0, 0.1) is 10.5 Å². The standard InChI is InChI=1S/C18H21IN2O/c1-3-21(17-9-7-14(2)8-10-17)12-11-20-18(22)15-5-4-6-16(19)13-15/h4-10,13H,3,11-12H2,1-2H3,(H,20,22). The predicted molar refractivity (Wildman–Crippen MR) is 101 cm³/mol. The highest BCUT2D eigenvalue weighted by atomic mass is 127. The fraction of sp³-hybridized carbons (Fsp3) is 0.278. The van der Waals surface area contributed by atoms with E-state index in [1.165, 1.54) is 11.3 Å². The molecule has 22 heavy (non-hydrogen) atoms. The smallest absolute Gasteiger partial charge is 0.251 e. The summed E-state index contributed by atoms with van der Waals surface area (Å²) in [6.07, 6.45) is 0. The van der Waals surface area contributed by atoms with Gasteiger partial charge in [0.1, 0.15) is 0 Å². The van der Waals surface area contributed by atoms with Gasteiger partial charge in [0, 0.05) is 34.5 Å². The van der Waals surface area contributed by atoms with Crippen LogP contribution in [0.25, 0.3) is 0 Å². The van der Waals surface area contributed by atoms with Gasteiger partial charge >= 0.3 is 0 Å². The van der Waals surface area contributed by atoms with E-state index >= 15 is 0 Å². The normalized spacial score (nSPS) is 10.3. The minimum absolute atomic E-state index is 0.0153. The van der Waals surface area contributed by atoms with E-state index in [0.717, 1.165) is 16.7 Å². The zero-order chi connectivity index (χ0) is 15.9. The van der Waals surface area contributed by atoms with E-state index < -0.39 is 0 Å². The Morgan fingerprint density at radius 3 is 2.55 bits per heavy atom. The third-order valence-corrected chi connectivity index (χ3v) is 4.21. The van der Waals surface area contributed by atoms with E-state index in [1.54, 1.807) is 0 Å². The third-order valence-electron chi connectivity index (χ3n) is 3.53. The molecule has 2 aromatic rings. The minimum atomic E-state index is -0.0153. The first-order valence-electron chi connectivity index (χ1n) is 7.45. The van der Waals surface area contributed by atoms with Crippen molar-refractivity contribution in [2.24, 2.45) is 0 Å². The number of amides is 1. The van der Waals surface area contributed by atoms with E-state index in [2.05, 4.69) is 70.9 Å². The number of nitrogens with zero attached hydrogens (tertiary/aromatic N) is 1. The van der Waals surface area contributed by atoms with Crippen LogP contribution in [0.4, 0.5) is 5.69 Å². The van der Waals surface area contributed by atoms with Gasteiger partial charge in [0.25, 0.3) is 5.91 Å². The molecule has 2 aromatic carbocycles. The van der Waals surface area contributed by atoms with Crippen LogP contribution in [-0.2, 0) is 0 Å². The van der Waals surface area contributed by atoms with E-state index in [0.29, 0.717) is 12.1 Å². The van der Waals surface area contributed by atoms with Crippen molar-refractivity contribution in [2.75, 3.05) is 24.5 Å². The van der Waals surface area contributed by atoms with Crippen LogP contribution in [0.5, 0.6) is 0 Å². The molecular weight excluding hydrogens is 387 g/mol. The summed E-state index contributed by atoms with van der Waals surface area (Å²) < 4.78 is 1.07. The molecule has 0 heterocycles. The molecule has 4 heteroatoms. The first-order chi connectivity index (χ1) is 10.6. The Hall–Kier alpha value is -1.56. The minimum Gasteiger partial charge on any atom is -0.370 e. The van der Waals surface area contributed by atoms with Gasteiger partial charge in [-0.05, 0) is 66.8 Å². The summed E-state index contributed by atoms with van der Waals surface area (Å²) in [6.45, 7) is 6.56. The first kappa shape index (κ1) is 16.8. The number of likely N-dealkylation sites (N-methyl/N-ethyl adjacent to an activating group) is 1. The van der Waals surface area contributed by atoms with Crippen LogP contribution in [0.3, 0.4) is 0 Å². The molecule has 0 aliphatic rings. The molecule has 0 saturated carbocycles. The van der Waals surface area contributed by atoms with Crippen LogP contribution >= 0.6 is 22.6 Å². The second kappa shape index (κ2) is 8.17. The van der Waals surface area contributed by atoms with E-state index in [-0.39, 0.29) is 5.91 Å². The molecule has 0 unspecified atom stereocenters. The van der Waals surface area contributed by atoms with Gasteiger partial charge in [-0.15, -0.1) is 0 Å². The summed E-state index contributed by atoms with van der Waals surface area (Å²) >= 11 is 2.22. The lowest BCUT2D eigenvalue weighted by molar-refractivity contribution is 0.0954. The lowest BCUT2D eigenvalue weighted by Gasteiger charge is -2.23. The Labute approximate surface area is 145 Å². The number of aryl methyl sites for hydroxylation is 1. The van der Waals surface area contributed by atoms with Crippen molar-refractivity contribution in [3.63, 3.8) is 0 Å². The molecule has 0 aromatic heterocycles. The number of anilines is 1. The number of benzene rings is 2. The summed E-state index contributed by atoms with van der Waals surface area (Å²) in [5, 5.41) is 2.99. The van der Waals surface area contributed by atoms with Gasteiger partial charge in [0.2, 0.25) is 0 Å². The topological polar surface area (TPSA) is 32.3 Å². The lowest BCUT2D eigenvalue weighted by atomic mass is 10.2. The molecule has 0 spiro atoms. The van der Waals surface area contributed by atoms with Gasteiger partial charge in [0.15, 0.2) is 0 Å². The van der Waals surface area contributed by atoms with Gasteiger partial charge in [0.05, 0.1) is 0 Å². The van der Waals surface area contributed by atoms with Gasteiger partial charge in [-0.3, -0.25) is 4.79 Å². The van der Waals surface area contributed by atoms with Crippen molar-refractivity contribution in [2.45, 2.75) is 13.8 Å². The van der Waals surface area contributed by atoms with Gasteiger partial charge in [-0.2, -0.15) is 0 Å². The molecule has 0 aliphatic carbocycles. The van der Waals surface area contributed by atoms with E-state index in [4.69, 9.17) is 0 Å². The molecular formula is C18H21IN2O. The van der Waals surface area contributed by atoms with Crippen LogP contribution in [-0.4, -0.2) is 25.5 Å². The molecule has 0 saturated heterocycles. The van der Waals surface area contributed by atoms with Crippen molar-refractivity contribution in [3.8, 4) is 0 Å². The molecule has 2 rings (SSSR count). The maximum atomic E-state index is 12.1. The monoisotopic (exact) mass is 408 g/mol. The van der Waals surface area contributed by atoms with Crippen molar-refractivity contribution in [1.29, 1.82) is 0 Å². The average molecular weight is 408 g/mol. The molecule has 3 nitrogen and oxygen atoms in total. The predicted octanol–water partition coefficient (Wildman–Crippen LogP) is 3.86. The first-order valence-corrected chi connectivity index (χ1v) is 8.53. The molecule has 0 bridgehead atoms. The highest BCUT2D eigenvalue weighted by Gasteiger charge is 2.07. The van der Waals surface area contributed by atoms with Crippen molar-refractivity contribution < 1.29 is 4.79 Å². The summed E-state index contributed by atoms with van der Waals surface area (Å²) in [4.78, 5) is 14.4. The van der Waals surface area contributed by atoms with Crippen LogP contribution in [0.2, 0.25) is 0 Å². The Kier molecular flexibility index (Phi) is 6.24. The van der Waals surface area contributed by atoms with Gasteiger partial charge < -0.3 is 10.2 Å². The largest absolute Gasteiger partial charge is 0.370 e. The third kappa shape index (κ3) is 4.73. The molecule has 0 atom stereocenters. The summed E-state index contributed by atoms with van der Waals surface area (Å²) in [5.74, 6) is -0.0153. The van der Waals surface area contributed by atoms with Gasteiger partial charge in [-0.25, -0.2) is 0 Å². The second-order valence-corrected chi connectivity index (χ2v) is 6.43. The molecule has 116 valence electrons. The molecule has 1 N–H and O–H groups in total. The Balaban J connectivity index is 1.88. The summed E-state index contributed by atoms with van der Waals surface area (Å²) in [6, 6.07) is 16.1. The molecule has 0 radical (unpaired) electrons. The van der Waals surface area contributed by atoms with Gasteiger partial charge in [-0.1, -0.05) is 23.8 Å². The summed E-state index contributed by atoms with van der Waals surface area (Å²) in [7, 11) is 0. The number of halogens is 1. The Bertz CT molecular complexity index is 625. The number of carbonyl (C=O) groups excluding carboxylic acids is 1. The molecule has 0 fully saturated rings. The molecule has 0 aliphatic heterocycles. The van der Waals surface area contributed by atoms with Crippen molar-refractivity contribution in [3.05, 3.63) is 63.2 Å². The van der Waals surface area contributed by atoms with Crippen LogP contribution in [0.15, 0.2) is 48.5 Å². The number of rotatable bonds is 6. The van der Waals surface area contributed by atoms with Crippen LogP contribution in [0.1, 0.15) is 22.8 Å². The van der Waals surface area contributed by atoms with Crippen molar-refractivity contribution in [1.82, 2.24) is 5.32 Å². The zero-order valence-electron chi connectivity index (χ0n) is 13.0. The highest BCUT2D eigenvalue weighted by Crippen LogP contribution is 2.14. The highest BCUT2D eigenvalue weighted by molar-refractivity contribution is 14.1. The number of carbonyl (C=O) groups is 1. The molecule has 1 amide bonds. The maximum absolute atomic E-state index is 12.1. The summed E-state index contributed by atoms with van der Waals surface area (Å²) in [5.41, 5.74) is 3.16. The lowest BCUT2D eigenvalue weighted by Crippen LogP contribution is -2.35. The Morgan fingerprint density at radius 1 is 1.18 bits per heavy atom. The fourth-order valence-electron chi connectivity index (χ4n) is 2.26. The van der Waals surface area contributed by atoms with E-state index in [9.17, 15) is 4.79 Å². The number of nitrogens with one attached hydrogen (secondary N) is 1. The Morgan fingerprint density at radius 2 is 1.91 bits per heavy atom. The fourth-order valence-corrected chi connectivity index (χ4v) is 2.80. The number of hydrogen-bond acceptors (Lipinski definition) is 2. The number of hydrogen-bond donors (Lipinski definition) is 1. The average Bonchev–Trinajstić information content (AvgIpc) is 2.52.